The first-order valence-electron chi connectivity index (χ1n) is 6.51. The standard InChI is InChI=1S/C13H18N4S/c1-10(14-8-11-5-7-18-9-11)13-16-15-12-4-2-3-6-17(12)13/h5,7,9-10,14H,2-4,6,8H2,1H3. The Kier molecular flexibility index (Phi) is 3.43. The molecule has 18 heavy (non-hydrogen) atoms. The molecule has 2 aromatic rings. The molecule has 2 aromatic heterocycles. The third-order valence-corrected chi connectivity index (χ3v) is 4.20. The first kappa shape index (κ1) is 11.9. The van der Waals surface area contributed by atoms with Gasteiger partial charge >= 0.3 is 0 Å². The summed E-state index contributed by atoms with van der Waals surface area (Å²) in [4.78, 5) is 0. The second kappa shape index (κ2) is 5.20. The lowest BCUT2D eigenvalue weighted by Crippen LogP contribution is -2.23. The lowest BCUT2D eigenvalue weighted by Gasteiger charge is -2.18. The number of hydrogen-bond acceptors (Lipinski definition) is 4. The summed E-state index contributed by atoms with van der Waals surface area (Å²) in [6.07, 6.45) is 3.56. The molecule has 0 radical (unpaired) electrons. The second-order valence-electron chi connectivity index (χ2n) is 4.82. The maximum atomic E-state index is 4.35. The molecular formula is C13H18N4S. The van der Waals surface area contributed by atoms with E-state index in [9.17, 15) is 0 Å². The van der Waals surface area contributed by atoms with Crippen LogP contribution in [-0.2, 0) is 19.5 Å². The Balaban J connectivity index is 1.68. The predicted molar refractivity (Wildman–Crippen MR) is 72.5 cm³/mol. The topological polar surface area (TPSA) is 42.7 Å². The molecule has 5 heteroatoms. The highest BCUT2D eigenvalue weighted by Crippen LogP contribution is 2.19. The Labute approximate surface area is 111 Å². The zero-order valence-corrected chi connectivity index (χ0v) is 11.4. The minimum Gasteiger partial charge on any atom is -0.314 e. The largest absolute Gasteiger partial charge is 0.314 e. The van der Waals surface area contributed by atoms with Gasteiger partial charge < -0.3 is 9.88 Å². The van der Waals surface area contributed by atoms with Crippen molar-refractivity contribution < 1.29 is 0 Å². The fraction of sp³-hybridized carbons (Fsp3) is 0.538. The molecule has 0 amide bonds. The monoisotopic (exact) mass is 262 g/mol. The van der Waals surface area contributed by atoms with Crippen molar-refractivity contribution in [3.05, 3.63) is 34.0 Å². The lowest BCUT2D eigenvalue weighted by molar-refractivity contribution is 0.465. The van der Waals surface area contributed by atoms with Gasteiger partial charge in [-0.2, -0.15) is 11.3 Å². The lowest BCUT2D eigenvalue weighted by atomic mass is 10.1. The number of fused-ring (bicyclic) bond motifs is 1. The Hall–Kier alpha value is -1.20. The fourth-order valence-corrected chi connectivity index (χ4v) is 3.08. The molecular weight excluding hydrogens is 244 g/mol. The summed E-state index contributed by atoms with van der Waals surface area (Å²) in [7, 11) is 0. The van der Waals surface area contributed by atoms with Gasteiger partial charge in [0.2, 0.25) is 0 Å². The predicted octanol–water partition coefficient (Wildman–Crippen LogP) is 2.53. The van der Waals surface area contributed by atoms with Gasteiger partial charge in [-0.05, 0) is 42.2 Å². The summed E-state index contributed by atoms with van der Waals surface area (Å²) in [5.74, 6) is 2.24. The van der Waals surface area contributed by atoms with E-state index in [-0.39, 0.29) is 6.04 Å². The van der Waals surface area contributed by atoms with Gasteiger partial charge in [-0.3, -0.25) is 0 Å². The van der Waals surface area contributed by atoms with Gasteiger partial charge in [0, 0.05) is 19.5 Å². The summed E-state index contributed by atoms with van der Waals surface area (Å²) in [6.45, 7) is 4.13. The second-order valence-corrected chi connectivity index (χ2v) is 5.60. The van der Waals surface area contributed by atoms with Crippen LogP contribution in [0, 0.1) is 0 Å². The minimum atomic E-state index is 0.254. The molecule has 3 rings (SSSR count). The normalized spacial score (nSPS) is 16.5. The molecule has 0 fully saturated rings. The van der Waals surface area contributed by atoms with E-state index in [1.807, 2.05) is 0 Å². The Morgan fingerprint density at radius 3 is 3.22 bits per heavy atom. The molecule has 0 saturated heterocycles. The summed E-state index contributed by atoms with van der Waals surface area (Å²) in [6, 6.07) is 2.41. The van der Waals surface area contributed by atoms with Gasteiger partial charge in [-0.1, -0.05) is 0 Å². The van der Waals surface area contributed by atoms with Crippen LogP contribution in [0.2, 0.25) is 0 Å². The van der Waals surface area contributed by atoms with Gasteiger partial charge in [-0.15, -0.1) is 10.2 Å². The quantitative estimate of drug-likeness (QED) is 0.920. The summed E-state index contributed by atoms with van der Waals surface area (Å²) in [5, 5.41) is 16.5. The average Bonchev–Trinajstić information content (AvgIpc) is 3.05. The highest BCUT2D eigenvalue weighted by atomic mass is 32.1. The van der Waals surface area contributed by atoms with Crippen LogP contribution < -0.4 is 5.32 Å². The van der Waals surface area contributed by atoms with E-state index in [2.05, 4.69) is 43.8 Å². The molecule has 96 valence electrons. The summed E-state index contributed by atoms with van der Waals surface area (Å²) < 4.78 is 2.29. The van der Waals surface area contributed by atoms with Crippen molar-refractivity contribution in [2.75, 3.05) is 0 Å². The van der Waals surface area contributed by atoms with Gasteiger partial charge in [0.1, 0.15) is 11.6 Å². The van der Waals surface area contributed by atoms with Crippen LogP contribution in [0.25, 0.3) is 0 Å². The number of hydrogen-bond donors (Lipinski definition) is 1. The van der Waals surface area contributed by atoms with E-state index in [0.29, 0.717) is 0 Å². The number of nitrogens with one attached hydrogen (secondary N) is 1. The molecule has 1 aliphatic heterocycles. The molecule has 0 spiro atoms. The van der Waals surface area contributed by atoms with Crippen molar-refractivity contribution in [1.29, 1.82) is 0 Å². The number of thiophene rings is 1. The molecule has 1 aliphatic rings. The van der Waals surface area contributed by atoms with Crippen molar-refractivity contribution >= 4 is 11.3 Å². The van der Waals surface area contributed by atoms with Crippen LogP contribution in [0.5, 0.6) is 0 Å². The van der Waals surface area contributed by atoms with Gasteiger partial charge in [-0.25, -0.2) is 0 Å². The molecule has 0 bridgehead atoms. The van der Waals surface area contributed by atoms with Crippen molar-refractivity contribution in [2.45, 2.75) is 45.3 Å². The van der Waals surface area contributed by atoms with Crippen molar-refractivity contribution in [3.63, 3.8) is 0 Å². The maximum absolute atomic E-state index is 4.35. The molecule has 4 nitrogen and oxygen atoms in total. The number of aryl methyl sites for hydroxylation is 1. The highest BCUT2D eigenvalue weighted by Gasteiger charge is 2.19. The molecule has 0 aliphatic carbocycles. The van der Waals surface area contributed by atoms with Crippen molar-refractivity contribution in [1.82, 2.24) is 20.1 Å². The third-order valence-electron chi connectivity index (χ3n) is 3.47. The third kappa shape index (κ3) is 2.33. The van der Waals surface area contributed by atoms with Crippen LogP contribution in [0.4, 0.5) is 0 Å². The average molecular weight is 262 g/mol. The van der Waals surface area contributed by atoms with E-state index < -0.39 is 0 Å². The molecule has 0 aromatic carbocycles. The molecule has 1 N–H and O–H groups in total. The molecule has 3 heterocycles. The van der Waals surface area contributed by atoms with Crippen LogP contribution in [0.3, 0.4) is 0 Å². The maximum Gasteiger partial charge on any atom is 0.149 e. The fourth-order valence-electron chi connectivity index (χ4n) is 2.41. The first-order chi connectivity index (χ1) is 8.84. The Morgan fingerprint density at radius 2 is 2.39 bits per heavy atom. The molecule has 0 saturated carbocycles. The van der Waals surface area contributed by atoms with Crippen LogP contribution in [0.1, 0.15) is 43.0 Å². The van der Waals surface area contributed by atoms with E-state index in [1.54, 1.807) is 11.3 Å². The van der Waals surface area contributed by atoms with Crippen LogP contribution in [-0.4, -0.2) is 14.8 Å². The van der Waals surface area contributed by atoms with E-state index >= 15 is 0 Å². The van der Waals surface area contributed by atoms with E-state index in [4.69, 9.17) is 0 Å². The van der Waals surface area contributed by atoms with E-state index in [1.165, 1.54) is 18.4 Å². The minimum absolute atomic E-state index is 0.254. The number of rotatable bonds is 4. The summed E-state index contributed by atoms with van der Waals surface area (Å²) >= 11 is 1.74. The Bertz CT molecular complexity index is 503. The Morgan fingerprint density at radius 1 is 1.44 bits per heavy atom. The zero-order chi connectivity index (χ0) is 12.4. The first-order valence-corrected chi connectivity index (χ1v) is 7.45. The van der Waals surface area contributed by atoms with Gasteiger partial charge in [0.05, 0.1) is 6.04 Å². The number of aromatic nitrogens is 3. The van der Waals surface area contributed by atoms with Crippen molar-refractivity contribution in [2.24, 2.45) is 0 Å². The SMILES string of the molecule is CC(NCc1ccsc1)c1nnc2n1CCCC2. The van der Waals surface area contributed by atoms with Gasteiger partial charge in [0.15, 0.2) is 0 Å². The highest BCUT2D eigenvalue weighted by molar-refractivity contribution is 7.07. The number of nitrogens with zero attached hydrogens (tertiary/aromatic N) is 3. The van der Waals surface area contributed by atoms with Crippen LogP contribution in [0.15, 0.2) is 16.8 Å². The summed E-state index contributed by atoms with van der Waals surface area (Å²) in [5.41, 5.74) is 1.34. The zero-order valence-electron chi connectivity index (χ0n) is 10.6. The smallest absolute Gasteiger partial charge is 0.149 e. The molecule has 1 atom stereocenters. The van der Waals surface area contributed by atoms with Crippen molar-refractivity contribution in [3.8, 4) is 0 Å². The molecule has 1 unspecified atom stereocenters. The van der Waals surface area contributed by atoms with E-state index in [0.717, 1.165) is 31.2 Å². The van der Waals surface area contributed by atoms with Crippen LogP contribution >= 0.6 is 11.3 Å². The van der Waals surface area contributed by atoms with Gasteiger partial charge in [0.25, 0.3) is 0 Å².